The Labute approximate surface area is 101 Å². The Bertz CT molecular complexity index is 372. The monoisotopic (exact) mass is 237 g/mol. The smallest absolute Gasteiger partial charge is 0.227 e. The Morgan fingerprint density at radius 1 is 1.31 bits per heavy atom. The first-order chi connectivity index (χ1) is 7.81. The van der Waals surface area contributed by atoms with E-state index in [1.165, 1.54) is 12.8 Å². The molecule has 1 fully saturated rings. The van der Waals surface area contributed by atoms with E-state index in [0.29, 0.717) is 5.88 Å². The molecule has 2 rings (SSSR count). The zero-order valence-corrected chi connectivity index (χ0v) is 9.96. The first-order valence-corrected chi connectivity index (χ1v) is 6.29. The van der Waals surface area contributed by atoms with Crippen molar-refractivity contribution in [2.24, 2.45) is 5.92 Å². The molecule has 0 saturated heterocycles. The van der Waals surface area contributed by atoms with Gasteiger partial charge in [-0.2, -0.15) is 0 Å². The normalized spacial score (nSPS) is 16.3. The number of halogens is 1. The van der Waals surface area contributed by atoms with E-state index in [1.54, 1.807) is 0 Å². The van der Waals surface area contributed by atoms with Crippen LogP contribution in [-0.2, 0) is 10.7 Å². The number of carbonyl (C=O) groups excluding carboxylic acids is 1. The molecule has 1 aliphatic carbocycles. The van der Waals surface area contributed by atoms with Crippen LogP contribution in [0.5, 0.6) is 0 Å². The maximum Gasteiger partial charge on any atom is 0.227 e. The van der Waals surface area contributed by atoms with Crippen molar-refractivity contribution in [3.8, 4) is 0 Å². The first-order valence-electron chi connectivity index (χ1n) is 5.76. The van der Waals surface area contributed by atoms with Gasteiger partial charge in [-0.15, -0.1) is 11.6 Å². The van der Waals surface area contributed by atoms with Crippen molar-refractivity contribution in [3.05, 3.63) is 29.8 Å². The standard InChI is InChI=1S/C13H16ClNO/c14-9-11-7-3-4-8-12(11)15-13(16)10-5-1-2-6-10/h3-4,7-8,10H,1-2,5-6,9H2,(H,15,16). The fourth-order valence-electron chi connectivity index (χ4n) is 2.18. The lowest BCUT2D eigenvalue weighted by atomic mass is 10.1. The summed E-state index contributed by atoms with van der Waals surface area (Å²) in [7, 11) is 0. The minimum absolute atomic E-state index is 0.148. The van der Waals surface area contributed by atoms with Crippen molar-refractivity contribution >= 4 is 23.2 Å². The van der Waals surface area contributed by atoms with E-state index in [-0.39, 0.29) is 11.8 Å². The quantitative estimate of drug-likeness (QED) is 0.801. The molecule has 1 amide bonds. The predicted molar refractivity (Wildman–Crippen MR) is 66.6 cm³/mol. The third-order valence-electron chi connectivity index (χ3n) is 3.15. The number of benzene rings is 1. The zero-order valence-electron chi connectivity index (χ0n) is 9.21. The predicted octanol–water partition coefficient (Wildman–Crippen LogP) is 3.55. The lowest BCUT2D eigenvalue weighted by Crippen LogP contribution is -2.20. The highest BCUT2D eigenvalue weighted by Crippen LogP contribution is 2.26. The van der Waals surface area contributed by atoms with E-state index in [9.17, 15) is 4.79 Å². The molecule has 86 valence electrons. The fourth-order valence-corrected chi connectivity index (χ4v) is 2.41. The molecule has 1 aromatic carbocycles. The molecular formula is C13H16ClNO. The van der Waals surface area contributed by atoms with Crippen molar-refractivity contribution in [2.75, 3.05) is 5.32 Å². The molecular weight excluding hydrogens is 222 g/mol. The van der Waals surface area contributed by atoms with E-state index in [0.717, 1.165) is 24.1 Å². The number of alkyl halides is 1. The fraction of sp³-hybridized carbons (Fsp3) is 0.462. The third kappa shape index (κ3) is 2.56. The summed E-state index contributed by atoms with van der Waals surface area (Å²) >= 11 is 5.82. The van der Waals surface area contributed by atoms with Crippen LogP contribution in [0.25, 0.3) is 0 Å². The zero-order chi connectivity index (χ0) is 11.4. The molecule has 1 aliphatic rings. The largest absolute Gasteiger partial charge is 0.326 e. The van der Waals surface area contributed by atoms with Gasteiger partial charge in [-0.3, -0.25) is 4.79 Å². The summed E-state index contributed by atoms with van der Waals surface area (Å²) in [6, 6.07) is 7.70. The van der Waals surface area contributed by atoms with Crippen LogP contribution in [0.1, 0.15) is 31.2 Å². The summed E-state index contributed by atoms with van der Waals surface area (Å²) in [5.74, 6) is 0.777. The van der Waals surface area contributed by atoms with Gasteiger partial charge in [0.05, 0.1) is 0 Å². The van der Waals surface area contributed by atoms with Gasteiger partial charge in [0.15, 0.2) is 0 Å². The van der Waals surface area contributed by atoms with Gasteiger partial charge < -0.3 is 5.32 Å². The second-order valence-electron chi connectivity index (χ2n) is 4.26. The summed E-state index contributed by atoms with van der Waals surface area (Å²) in [5.41, 5.74) is 1.84. The summed E-state index contributed by atoms with van der Waals surface area (Å²) in [6.45, 7) is 0. The van der Waals surface area contributed by atoms with Crippen LogP contribution in [0.4, 0.5) is 5.69 Å². The average Bonchev–Trinajstić information content (AvgIpc) is 2.83. The highest BCUT2D eigenvalue weighted by Gasteiger charge is 2.22. The summed E-state index contributed by atoms with van der Waals surface area (Å²) < 4.78 is 0. The van der Waals surface area contributed by atoms with E-state index in [4.69, 9.17) is 11.6 Å². The molecule has 1 aromatic rings. The Morgan fingerprint density at radius 2 is 2.00 bits per heavy atom. The second kappa shape index (κ2) is 5.35. The Balaban J connectivity index is 2.05. The van der Waals surface area contributed by atoms with Crippen molar-refractivity contribution in [2.45, 2.75) is 31.6 Å². The number of hydrogen-bond acceptors (Lipinski definition) is 1. The maximum absolute atomic E-state index is 11.9. The molecule has 3 heteroatoms. The average molecular weight is 238 g/mol. The number of rotatable bonds is 3. The van der Waals surface area contributed by atoms with Crippen molar-refractivity contribution in [1.29, 1.82) is 0 Å². The van der Waals surface area contributed by atoms with Crippen LogP contribution in [0.3, 0.4) is 0 Å². The van der Waals surface area contributed by atoms with Gasteiger partial charge in [0.25, 0.3) is 0 Å². The molecule has 0 radical (unpaired) electrons. The van der Waals surface area contributed by atoms with E-state index in [2.05, 4.69) is 5.32 Å². The Morgan fingerprint density at radius 3 is 2.69 bits per heavy atom. The SMILES string of the molecule is O=C(Nc1ccccc1CCl)C1CCCC1. The Hall–Kier alpha value is -1.02. The number of hydrogen-bond donors (Lipinski definition) is 1. The van der Waals surface area contributed by atoms with Crippen LogP contribution in [0, 0.1) is 5.92 Å². The second-order valence-corrected chi connectivity index (χ2v) is 4.53. The number of anilines is 1. The molecule has 0 heterocycles. The van der Waals surface area contributed by atoms with E-state index < -0.39 is 0 Å². The Kier molecular flexibility index (Phi) is 3.83. The lowest BCUT2D eigenvalue weighted by molar-refractivity contribution is -0.119. The molecule has 0 spiro atoms. The molecule has 1 N–H and O–H groups in total. The van der Waals surface area contributed by atoms with Gasteiger partial charge in [-0.1, -0.05) is 31.0 Å². The third-order valence-corrected chi connectivity index (χ3v) is 3.43. The summed E-state index contributed by atoms with van der Waals surface area (Å²) in [4.78, 5) is 11.9. The molecule has 1 saturated carbocycles. The van der Waals surface area contributed by atoms with E-state index in [1.807, 2.05) is 24.3 Å². The molecule has 0 aromatic heterocycles. The first kappa shape index (κ1) is 11.5. The molecule has 0 atom stereocenters. The van der Waals surface area contributed by atoms with Gasteiger partial charge >= 0.3 is 0 Å². The number of amides is 1. The van der Waals surface area contributed by atoms with Crippen molar-refractivity contribution in [3.63, 3.8) is 0 Å². The summed E-state index contributed by atoms with van der Waals surface area (Å²) in [5, 5.41) is 2.98. The minimum atomic E-state index is 0.148. The highest BCUT2D eigenvalue weighted by molar-refractivity contribution is 6.17. The number of para-hydroxylation sites is 1. The van der Waals surface area contributed by atoms with Gasteiger partial charge in [0.1, 0.15) is 0 Å². The molecule has 0 aliphatic heterocycles. The highest BCUT2D eigenvalue weighted by atomic mass is 35.5. The van der Waals surface area contributed by atoms with Crippen molar-refractivity contribution < 1.29 is 4.79 Å². The molecule has 0 unspecified atom stereocenters. The van der Waals surface area contributed by atoms with Crippen LogP contribution >= 0.6 is 11.6 Å². The minimum Gasteiger partial charge on any atom is -0.326 e. The molecule has 0 bridgehead atoms. The van der Waals surface area contributed by atoms with E-state index >= 15 is 0 Å². The number of nitrogens with one attached hydrogen (secondary N) is 1. The maximum atomic E-state index is 11.9. The lowest BCUT2D eigenvalue weighted by Gasteiger charge is -2.12. The topological polar surface area (TPSA) is 29.1 Å². The summed E-state index contributed by atoms with van der Waals surface area (Å²) in [6.07, 6.45) is 4.40. The van der Waals surface area contributed by atoms with Crippen molar-refractivity contribution in [1.82, 2.24) is 0 Å². The number of carbonyl (C=O) groups is 1. The van der Waals surface area contributed by atoms with Gasteiger partial charge in [-0.25, -0.2) is 0 Å². The molecule has 16 heavy (non-hydrogen) atoms. The van der Waals surface area contributed by atoms with Crippen LogP contribution in [-0.4, -0.2) is 5.91 Å². The van der Waals surface area contributed by atoms with Gasteiger partial charge in [0.2, 0.25) is 5.91 Å². The van der Waals surface area contributed by atoms with Gasteiger partial charge in [-0.05, 0) is 24.5 Å². The van der Waals surface area contributed by atoms with Crippen LogP contribution in [0.2, 0.25) is 0 Å². The van der Waals surface area contributed by atoms with Crippen LogP contribution < -0.4 is 5.32 Å². The van der Waals surface area contributed by atoms with Gasteiger partial charge in [0, 0.05) is 17.5 Å². The van der Waals surface area contributed by atoms with Crippen LogP contribution in [0.15, 0.2) is 24.3 Å². The molecule has 2 nitrogen and oxygen atoms in total.